The summed E-state index contributed by atoms with van der Waals surface area (Å²) in [6.07, 6.45) is 2.53. The van der Waals surface area contributed by atoms with Gasteiger partial charge >= 0.3 is 0 Å². The van der Waals surface area contributed by atoms with E-state index in [2.05, 4.69) is 26.0 Å². The van der Waals surface area contributed by atoms with E-state index < -0.39 is 0 Å². The maximum absolute atomic E-state index is 8.66. The van der Waals surface area contributed by atoms with E-state index in [1.165, 1.54) is 5.56 Å². The zero-order valence-electron chi connectivity index (χ0n) is 9.60. The van der Waals surface area contributed by atoms with Gasteiger partial charge in [-0.3, -0.25) is 0 Å². The van der Waals surface area contributed by atoms with Crippen LogP contribution in [0.1, 0.15) is 17.9 Å². The summed E-state index contributed by atoms with van der Waals surface area (Å²) in [6.45, 7) is 0.965. The summed E-state index contributed by atoms with van der Waals surface area (Å²) in [5, 5.41) is 11.8. The quantitative estimate of drug-likeness (QED) is 0.513. The summed E-state index contributed by atoms with van der Waals surface area (Å²) in [7, 11) is 4.07. The van der Waals surface area contributed by atoms with Crippen LogP contribution in [-0.4, -0.2) is 37.0 Å². The highest BCUT2D eigenvalue weighted by Crippen LogP contribution is 2.20. The van der Waals surface area contributed by atoms with Crippen molar-refractivity contribution in [1.82, 2.24) is 4.90 Å². The number of nitrogens with zero attached hydrogens (tertiary/aromatic N) is 2. The summed E-state index contributed by atoms with van der Waals surface area (Å²) < 4.78 is 1.06. The molecule has 0 saturated heterocycles. The lowest BCUT2D eigenvalue weighted by atomic mass is 9.97. The molecule has 4 heteroatoms. The first kappa shape index (κ1) is 13.2. The van der Waals surface area contributed by atoms with Crippen molar-refractivity contribution < 1.29 is 5.21 Å². The molecule has 1 aromatic carbocycles. The average molecular weight is 285 g/mol. The molecule has 0 fully saturated rings. The summed E-state index contributed by atoms with van der Waals surface area (Å²) in [6, 6.07) is 8.10. The third-order valence-electron chi connectivity index (χ3n) is 2.43. The second kappa shape index (κ2) is 6.66. The van der Waals surface area contributed by atoms with E-state index in [-0.39, 0.29) is 5.92 Å². The molecule has 1 N–H and O–H groups in total. The molecule has 0 heterocycles. The number of oxime groups is 1. The van der Waals surface area contributed by atoms with Crippen molar-refractivity contribution in [3.8, 4) is 0 Å². The molecule has 0 spiro atoms. The second-order valence-corrected chi connectivity index (χ2v) is 4.93. The van der Waals surface area contributed by atoms with Crippen molar-refractivity contribution in [2.24, 2.45) is 5.16 Å². The fraction of sp³-hybridized carbons (Fsp3) is 0.417. The molecule has 88 valence electrons. The van der Waals surface area contributed by atoms with E-state index in [9.17, 15) is 0 Å². The summed E-state index contributed by atoms with van der Waals surface area (Å²) in [5.74, 6) is 0.167. The predicted octanol–water partition coefficient (Wildman–Crippen LogP) is 2.94. The third kappa shape index (κ3) is 4.33. The Hall–Kier alpha value is -0.870. The first-order valence-electron chi connectivity index (χ1n) is 5.21. The SMILES string of the molecule is CN(C)CCC(/C=N/O)c1ccc(Br)cc1. The molecule has 0 bridgehead atoms. The lowest BCUT2D eigenvalue weighted by molar-refractivity contribution is 0.318. The van der Waals surface area contributed by atoms with Gasteiger partial charge in [-0.15, -0.1) is 5.16 Å². The normalized spacial score (nSPS) is 13.5. The van der Waals surface area contributed by atoms with E-state index in [0.29, 0.717) is 0 Å². The zero-order valence-corrected chi connectivity index (χ0v) is 11.2. The molecule has 0 amide bonds. The fourth-order valence-electron chi connectivity index (χ4n) is 1.52. The van der Waals surface area contributed by atoms with Crippen molar-refractivity contribution in [2.45, 2.75) is 12.3 Å². The molecule has 0 aromatic heterocycles. The maximum Gasteiger partial charge on any atom is 0.0511 e. The van der Waals surface area contributed by atoms with E-state index in [1.807, 2.05) is 38.4 Å². The van der Waals surface area contributed by atoms with Crippen molar-refractivity contribution >= 4 is 22.1 Å². The van der Waals surface area contributed by atoms with Crippen molar-refractivity contribution in [3.05, 3.63) is 34.3 Å². The molecule has 3 nitrogen and oxygen atoms in total. The Morgan fingerprint density at radius 1 is 1.38 bits per heavy atom. The third-order valence-corrected chi connectivity index (χ3v) is 2.96. The van der Waals surface area contributed by atoms with Crippen molar-refractivity contribution in [1.29, 1.82) is 0 Å². The summed E-state index contributed by atoms with van der Waals surface area (Å²) >= 11 is 3.40. The van der Waals surface area contributed by atoms with Gasteiger partial charge in [0.25, 0.3) is 0 Å². The largest absolute Gasteiger partial charge is 0.411 e. The highest BCUT2D eigenvalue weighted by Gasteiger charge is 2.09. The van der Waals surface area contributed by atoms with Gasteiger partial charge in [-0.05, 0) is 44.8 Å². The zero-order chi connectivity index (χ0) is 12.0. The minimum absolute atomic E-state index is 0.167. The Morgan fingerprint density at radius 3 is 2.50 bits per heavy atom. The Morgan fingerprint density at radius 2 is 2.00 bits per heavy atom. The van der Waals surface area contributed by atoms with Crippen LogP contribution in [0.4, 0.5) is 0 Å². The molecular weight excluding hydrogens is 268 g/mol. The Labute approximate surface area is 105 Å². The monoisotopic (exact) mass is 284 g/mol. The number of rotatable bonds is 5. The number of halogens is 1. The Balaban J connectivity index is 2.73. The van der Waals surface area contributed by atoms with Crippen LogP contribution in [0.5, 0.6) is 0 Å². The highest BCUT2D eigenvalue weighted by atomic mass is 79.9. The van der Waals surface area contributed by atoms with Crippen LogP contribution in [-0.2, 0) is 0 Å². The molecular formula is C12H17BrN2O. The minimum Gasteiger partial charge on any atom is -0.411 e. The van der Waals surface area contributed by atoms with Gasteiger partial charge in [0.1, 0.15) is 0 Å². The molecule has 16 heavy (non-hydrogen) atoms. The first-order valence-corrected chi connectivity index (χ1v) is 6.00. The molecule has 0 aliphatic heterocycles. The molecule has 1 atom stereocenters. The second-order valence-electron chi connectivity index (χ2n) is 4.01. The summed E-state index contributed by atoms with van der Waals surface area (Å²) in [4.78, 5) is 2.12. The van der Waals surface area contributed by atoms with Crippen molar-refractivity contribution in [2.75, 3.05) is 20.6 Å². The first-order chi connectivity index (χ1) is 7.63. The average Bonchev–Trinajstić information content (AvgIpc) is 2.25. The molecule has 1 rings (SSSR count). The van der Waals surface area contributed by atoms with E-state index in [1.54, 1.807) is 6.21 Å². The number of hydrogen-bond acceptors (Lipinski definition) is 3. The van der Waals surface area contributed by atoms with Crippen LogP contribution >= 0.6 is 15.9 Å². The van der Waals surface area contributed by atoms with Gasteiger partial charge in [-0.1, -0.05) is 28.1 Å². The number of benzene rings is 1. The molecule has 0 radical (unpaired) electrons. The summed E-state index contributed by atoms with van der Waals surface area (Å²) in [5.41, 5.74) is 1.17. The lowest BCUT2D eigenvalue weighted by Gasteiger charge is -2.15. The van der Waals surface area contributed by atoms with Crippen LogP contribution < -0.4 is 0 Å². The van der Waals surface area contributed by atoms with Gasteiger partial charge in [-0.25, -0.2) is 0 Å². The molecule has 0 saturated carbocycles. The maximum atomic E-state index is 8.66. The van der Waals surface area contributed by atoms with Crippen LogP contribution in [0.3, 0.4) is 0 Å². The van der Waals surface area contributed by atoms with E-state index >= 15 is 0 Å². The van der Waals surface area contributed by atoms with E-state index in [4.69, 9.17) is 5.21 Å². The van der Waals surface area contributed by atoms with Gasteiger partial charge in [-0.2, -0.15) is 0 Å². The van der Waals surface area contributed by atoms with Crippen molar-refractivity contribution in [3.63, 3.8) is 0 Å². The van der Waals surface area contributed by atoms with Crippen LogP contribution in [0.2, 0.25) is 0 Å². The lowest BCUT2D eigenvalue weighted by Crippen LogP contribution is -2.16. The van der Waals surface area contributed by atoms with Crippen LogP contribution in [0.25, 0.3) is 0 Å². The Kier molecular flexibility index (Phi) is 5.49. The molecule has 1 aromatic rings. The Bertz CT molecular complexity index is 335. The predicted molar refractivity (Wildman–Crippen MR) is 70.3 cm³/mol. The number of hydrogen-bond donors (Lipinski definition) is 1. The van der Waals surface area contributed by atoms with Crippen LogP contribution in [0, 0.1) is 0 Å². The van der Waals surface area contributed by atoms with Gasteiger partial charge in [0.15, 0.2) is 0 Å². The van der Waals surface area contributed by atoms with Gasteiger partial charge < -0.3 is 10.1 Å². The highest BCUT2D eigenvalue weighted by molar-refractivity contribution is 9.10. The standard InChI is InChI=1S/C12H17BrN2O/c1-15(2)8-7-11(9-14-16)10-3-5-12(13)6-4-10/h3-6,9,11,16H,7-8H2,1-2H3/b14-9+. The molecule has 1 unspecified atom stereocenters. The minimum atomic E-state index is 0.167. The molecule has 0 aliphatic carbocycles. The van der Waals surface area contributed by atoms with Gasteiger partial charge in [0.05, 0.1) is 6.21 Å². The topological polar surface area (TPSA) is 35.8 Å². The smallest absolute Gasteiger partial charge is 0.0511 e. The van der Waals surface area contributed by atoms with Crippen LogP contribution in [0.15, 0.2) is 33.9 Å². The van der Waals surface area contributed by atoms with Gasteiger partial charge in [0, 0.05) is 10.4 Å². The molecule has 0 aliphatic rings. The van der Waals surface area contributed by atoms with E-state index in [0.717, 1.165) is 17.4 Å². The fourth-order valence-corrected chi connectivity index (χ4v) is 1.78. The van der Waals surface area contributed by atoms with Gasteiger partial charge in [0.2, 0.25) is 0 Å².